The van der Waals surface area contributed by atoms with E-state index in [0.29, 0.717) is 12.3 Å². The molecule has 6 heteroatoms. The topological polar surface area (TPSA) is 83.5 Å². The van der Waals surface area contributed by atoms with Gasteiger partial charge in [-0.05, 0) is 44.4 Å². The highest BCUT2D eigenvalue weighted by molar-refractivity contribution is 7.89. The normalized spacial score (nSPS) is 21.6. The Hall–Kier alpha value is -0.880. The van der Waals surface area contributed by atoms with Crippen molar-refractivity contribution >= 4 is 16.0 Å². The van der Waals surface area contributed by atoms with Gasteiger partial charge in [-0.3, -0.25) is 4.79 Å². The van der Waals surface area contributed by atoms with Crippen LogP contribution in [0.2, 0.25) is 0 Å². The van der Waals surface area contributed by atoms with Crippen molar-refractivity contribution in [1.82, 2.24) is 4.72 Å². The number of carboxylic acids is 1. The van der Waals surface area contributed by atoms with Crippen molar-refractivity contribution in [2.75, 3.05) is 5.75 Å². The molecular weight excluding hydrogens is 338 g/mol. The molecule has 1 rings (SSSR count). The number of nitrogens with one attached hydrogen (secondary N) is 1. The molecule has 2 N–H and O–H groups in total. The molecule has 5 nitrogen and oxygen atoms in total. The fourth-order valence-electron chi connectivity index (χ4n) is 3.41. The first-order valence-corrected chi connectivity index (χ1v) is 11.5. The van der Waals surface area contributed by atoms with E-state index in [1.54, 1.807) is 0 Å². The second kappa shape index (κ2) is 12.5. The van der Waals surface area contributed by atoms with Gasteiger partial charge in [0.1, 0.15) is 0 Å². The maximum atomic E-state index is 12.3. The van der Waals surface area contributed by atoms with E-state index in [4.69, 9.17) is 5.11 Å². The van der Waals surface area contributed by atoms with Gasteiger partial charge in [0.25, 0.3) is 0 Å². The Balaban J connectivity index is 2.39. The van der Waals surface area contributed by atoms with Crippen LogP contribution in [0.5, 0.6) is 0 Å². The third kappa shape index (κ3) is 10.6. The van der Waals surface area contributed by atoms with E-state index in [-0.39, 0.29) is 18.2 Å². The largest absolute Gasteiger partial charge is 0.481 e. The summed E-state index contributed by atoms with van der Waals surface area (Å²) in [6.07, 6.45) is 14.8. The molecule has 146 valence electrons. The summed E-state index contributed by atoms with van der Waals surface area (Å²) in [4.78, 5) is 10.5. The van der Waals surface area contributed by atoms with Gasteiger partial charge >= 0.3 is 5.97 Å². The molecule has 1 aliphatic rings. The van der Waals surface area contributed by atoms with Crippen molar-refractivity contribution in [3.8, 4) is 0 Å². The fraction of sp³-hybridized carbons (Fsp3) is 0.842. The first-order valence-electron chi connectivity index (χ1n) is 9.81. The van der Waals surface area contributed by atoms with Crippen molar-refractivity contribution in [3.63, 3.8) is 0 Å². The number of hydrogen-bond donors (Lipinski definition) is 2. The first kappa shape index (κ1) is 22.2. The summed E-state index contributed by atoms with van der Waals surface area (Å²) in [6, 6.07) is 0.0496. The lowest BCUT2D eigenvalue weighted by Gasteiger charge is -2.31. The zero-order chi connectivity index (χ0) is 18.5. The van der Waals surface area contributed by atoms with Crippen LogP contribution in [0.25, 0.3) is 0 Å². The number of aliphatic carboxylic acids is 1. The molecule has 0 bridgehead atoms. The average Bonchev–Trinajstić information content (AvgIpc) is 2.55. The van der Waals surface area contributed by atoms with Gasteiger partial charge in [-0.25, -0.2) is 13.1 Å². The Kier molecular flexibility index (Phi) is 11.1. The second-order valence-electron chi connectivity index (χ2n) is 7.14. The summed E-state index contributed by atoms with van der Waals surface area (Å²) in [5.74, 6) is -0.162. The molecule has 25 heavy (non-hydrogen) atoms. The van der Waals surface area contributed by atoms with Crippen LogP contribution in [0.3, 0.4) is 0 Å². The Bertz CT molecular complexity index is 502. The summed E-state index contributed by atoms with van der Waals surface area (Å²) in [5.41, 5.74) is 0. The molecule has 1 aliphatic carbocycles. The quantitative estimate of drug-likeness (QED) is 0.373. The van der Waals surface area contributed by atoms with E-state index < -0.39 is 16.0 Å². The van der Waals surface area contributed by atoms with Gasteiger partial charge < -0.3 is 5.11 Å². The molecule has 0 aromatic carbocycles. The lowest BCUT2D eigenvalue weighted by molar-refractivity contribution is -0.137. The zero-order valence-electron chi connectivity index (χ0n) is 15.6. The van der Waals surface area contributed by atoms with Crippen molar-refractivity contribution < 1.29 is 18.3 Å². The summed E-state index contributed by atoms with van der Waals surface area (Å²) in [7, 11) is -3.18. The smallest absolute Gasteiger partial charge is 0.303 e. The molecule has 0 aromatic rings. The Morgan fingerprint density at radius 2 is 1.88 bits per heavy atom. The lowest BCUT2D eigenvalue weighted by atomic mass is 9.83. The minimum atomic E-state index is -3.18. The van der Waals surface area contributed by atoms with Gasteiger partial charge in [-0.1, -0.05) is 51.2 Å². The van der Waals surface area contributed by atoms with E-state index in [9.17, 15) is 13.2 Å². The van der Waals surface area contributed by atoms with Crippen molar-refractivity contribution in [2.24, 2.45) is 5.92 Å². The summed E-state index contributed by atoms with van der Waals surface area (Å²) in [6.45, 7) is 2.12. The number of allylic oxidation sites excluding steroid dienone is 2. The standard InChI is InChI=1S/C19H35NO4S/c1-2-3-4-11-16-25(23,24)20-18-14-10-9-13-17(18)12-7-5-6-8-15-19(21)22/h5,7,17-18,20H,2-4,6,8-16H2,1H3,(H,21,22). The minimum Gasteiger partial charge on any atom is -0.481 e. The number of carboxylic acid groups (broad SMARTS) is 1. The van der Waals surface area contributed by atoms with E-state index in [0.717, 1.165) is 64.2 Å². The molecule has 1 fully saturated rings. The predicted octanol–water partition coefficient (Wildman–Crippen LogP) is 4.25. The van der Waals surface area contributed by atoms with Crippen LogP contribution in [0.15, 0.2) is 12.2 Å². The van der Waals surface area contributed by atoms with Crippen molar-refractivity contribution in [1.29, 1.82) is 0 Å². The molecule has 2 atom stereocenters. The van der Waals surface area contributed by atoms with Gasteiger partial charge in [-0.2, -0.15) is 0 Å². The van der Waals surface area contributed by atoms with E-state index in [1.807, 2.05) is 6.08 Å². The third-order valence-electron chi connectivity index (χ3n) is 4.87. The molecule has 0 radical (unpaired) electrons. The third-order valence-corrected chi connectivity index (χ3v) is 6.36. The van der Waals surface area contributed by atoms with Crippen LogP contribution < -0.4 is 4.72 Å². The average molecular weight is 374 g/mol. The fourth-order valence-corrected chi connectivity index (χ4v) is 4.89. The van der Waals surface area contributed by atoms with Crippen LogP contribution in [0, 0.1) is 5.92 Å². The summed E-state index contributed by atoms with van der Waals surface area (Å²) < 4.78 is 27.6. The van der Waals surface area contributed by atoms with Crippen LogP contribution in [0.4, 0.5) is 0 Å². The van der Waals surface area contributed by atoms with Crippen molar-refractivity contribution in [2.45, 2.75) is 90.0 Å². The first-order chi connectivity index (χ1) is 11.9. The molecule has 2 unspecified atom stereocenters. The Morgan fingerprint density at radius 3 is 2.60 bits per heavy atom. The molecule has 1 saturated carbocycles. The van der Waals surface area contributed by atoms with E-state index in [2.05, 4.69) is 17.7 Å². The number of hydrogen-bond acceptors (Lipinski definition) is 3. The van der Waals surface area contributed by atoms with E-state index in [1.165, 1.54) is 0 Å². The number of rotatable bonds is 13. The second-order valence-corrected chi connectivity index (χ2v) is 9.01. The molecule has 0 aromatic heterocycles. The maximum Gasteiger partial charge on any atom is 0.303 e. The maximum absolute atomic E-state index is 12.3. The van der Waals surface area contributed by atoms with Gasteiger partial charge in [0.05, 0.1) is 5.75 Å². The predicted molar refractivity (Wildman–Crippen MR) is 102 cm³/mol. The molecule has 0 amide bonds. The SMILES string of the molecule is CCCCCCS(=O)(=O)NC1CCCCC1CC=CCCCC(=O)O. The molecule has 0 aliphatic heterocycles. The Morgan fingerprint density at radius 1 is 1.12 bits per heavy atom. The van der Waals surface area contributed by atoms with Crippen LogP contribution in [0.1, 0.15) is 84.0 Å². The Labute approximate surface area is 153 Å². The monoisotopic (exact) mass is 373 g/mol. The van der Waals surface area contributed by atoms with Gasteiger partial charge in [0.2, 0.25) is 10.0 Å². The zero-order valence-corrected chi connectivity index (χ0v) is 16.4. The van der Waals surface area contributed by atoms with Crippen LogP contribution in [-0.2, 0) is 14.8 Å². The van der Waals surface area contributed by atoms with Gasteiger partial charge in [0, 0.05) is 12.5 Å². The molecule has 0 heterocycles. The summed E-state index contributed by atoms with van der Waals surface area (Å²) in [5, 5.41) is 8.62. The highest BCUT2D eigenvalue weighted by Crippen LogP contribution is 2.28. The number of unbranched alkanes of at least 4 members (excludes halogenated alkanes) is 4. The summed E-state index contributed by atoms with van der Waals surface area (Å²) >= 11 is 0. The highest BCUT2D eigenvalue weighted by atomic mass is 32.2. The molecule has 0 saturated heterocycles. The number of carbonyl (C=O) groups is 1. The van der Waals surface area contributed by atoms with E-state index >= 15 is 0 Å². The molecular formula is C19H35NO4S. The number of sulfonamides is 1. The molecule has 0 spiro atoms. The van der Waals surface area contributed by atoms with Crippen LogP contribution in [-0.4, -0.2) is 31.3 Å². The van der Waals surface area contributed by atoms with Gasteiger partial charge in [-0.15, -0.1) is 0 Å². The van der Waals surface area contributed by atoms with Gasteiger partial charge in [0.15, 0.2) is 0 Å². The highest BCUT2D eigenvalue weighted by Gasteiger charge is 2.27. The minimum absolute atomic E-state index is 0.0496. The lowest BCUT2D eigenvalue weighted by Crippen LogP contribution is -2.42. The van der Waals surface area contributed by atoms with Crippen molar-refractivity contribution in [3.05, 3.63) is 12.2 Å². The van der Waals surface area contributed by atoms with Crippen LogP contribution >= 0.6 is 0 Å².